The number of carbonyl (C=O) groups is 2. The number of aliphatic carboxylic acids is 2. The Labute approximate surface area is 231 Å². The fourth-order valence-electron chi connectivity index (χ4n) is 3.72. The zero-order chi connectivity index (χ0) is 31.2. The summed E-state index contributed by atoms with van der Waals surface area (Å²) in [4.78, 5) is 38.2. The SMILES string of the molecule is COc1ccc2c(c1)C[C@@H](c1nc3ccc(-c4cn[nH]c4)cc3c(=O)[nH]1)NC2.O=C(O)C(F)(F)F.O=C(O)C(F)(F)F. The number of methoxy groups -OCH3 is 1. The van der Waals surface area contributed by atoms with Crippen LogP contribution in [0.4, 0.5) is 26.3 Å². The molecular formula is C25H21F6N5O6. The fraction of sp³-hybridized carbons (Fsp3) is 0.240. The number of nitrogens with one attached hydrogen (secondary N) is 3. The molecule has 1 aliphatic heterocycles. The molecule has 2 aromatic heterocycles. The third kappa shape index (κ3) is 8.06. The number of hydrogen-bond donors (Lipinski definition) is 5. The topological polar surface area (TPSA) is 170 Å². The van der Waals surface area contributed by atoms with Crippen molar-refractivity contribution in [2.75, 3.05) is 7.11 Å². The number of carboxylic acids is 2. The van der Waals surface area contributed by atoms with E-state index in [2.05, 4.69) is 32.6 Å². The molecule has 5 N–H and O–H groups in total. The monoisotopic (exact) mass is 601 g/mol. The molecule has 4 aromatic rings. The van der Waals surface area contributed by atoms with Gasteiger partial charge in [-0.25, -0.2) is 14.6 Å². The minimum atomic E-state index is -5.08. The largest absolute Gasteiger partial charge is 0.497 e. The number of fused-ring (bicyclic) bond motifs is 2. The van der Waals surface area contributed by atoms with Crippen molar-refractivity contribution in [2.24, 2.45) is 0 Å². The molecule has 224 valence electrons. The van der Waals surface area contributed by atoms with E-state index in [1.54, 1.807) is 19.5 Å². The van der Waals surface area contributed by atoms with E-state index in [-0.39, 0.29) is 11.6 Å². The second-order valence-corrected chi connectivity index (χ2v) is 8.55. The summed E-state index contributed by atoms with van der Waals surface area (Å²) < 4.78 is 68.8. The standard InChI is InChI=1S/C21H19N5O2.2C2HF3O2/c1-28-16-4-2-13-9-22-19(8-14(13)6-16)20-25-18-5-3-12(15-10-23-24-11-15)7-17(18)21(27)26-20;2*3-2(4,5)1(6)7/h2-7,10-11,19,22H,8-9H2,1H3,(H,23,24)(H,25,26,27);2*(H,6,7)/t19-;;/m0../s1. The van der Waals surface area contributed by atoms with Gasteiger partial charge in [0.25, 0.3) is 5.56 Å². The molecule has 3 heterocycles. The maximum Gasteiger partial charge on any atom is 0.490 e. The number of H-pyrrole nitrogens is 2. The summed E-state index contributed by atoms with van der Waals surface area (Å²) in [7, 11) is 1.67. The summed E-state index contributed by atoms with van der Waals surface area (Å²) in [6.45, 7) is 0.727. The lowest BCUT2D eigenvalue weighted by molar-refractivity contribution is -0.193. The summed E-state index contributed by atoms with van der Waals surface area (Å²) >= 11 is 0. The molecule has 1 aliphatic rings. The minimum absolute atomic E-state index is 0.0507. The first-order valence-electron chi connectivity index (χ1n) is 11.6. The Morgan fingerprint density at radius 1 is 0.952 bits per heavy atom. The number of carboxylic acid groups (broad SMARTS) is 2. The van der Waals surface area contributed by atoms with Gasteiger partial charge in [-0.15, -0.1) is 0 Å². The van der Waals surface area contributed by atoms with Crippen molar-refractivity contribution in [1.29, 1.82) is 0 Å². The molecule has 0 saturated heterocycles. The van der Waals surface area contributed by atoms with Gasteiger partial charge in [0, 0.05) is 18.3 Å². The molecule has 11 nitrogen and oxygen atoms in total. The molecule has 5 rings (SSSR count). The van der Waals surface area contributed by atoms with Crippen molar-refractivity contribution in [1.82, 2.24) is 25.5 Å². The molecule has 0 fully saturated rings. The second-order valence-electron chi connectivity index (χ2n) is 8.55. The first-order valence-corrected chi connectivity index (χ1v) is 11.6. The molecule has 42 heavy (non-hydrogen) atoms. The molecule has 0 unspecified atom stereocenters. The van der Waals surface area contributed by atoms with Crippen molar-refractivity contribution in [2.45, 2.75) is 31.4 Å². The number of aromatic nitrogens is 4. The van der Waals surface area contributed by atoms with Gasteiger partial charge in [-0.05, 0) is 47.4 Å². The van der Waals surface area contributed by atoms with Gasteiger partial charge in [0.2, 0.25) is 0 Å². The van der Waals surface area contributed by atoms with Gasteiger partial charge in [0.05, 0.1) is 30.3 Å². The lowest BCUT2D eigenvalue weighted by Gasteiger charge is -2.26. The van der Waals surface area contributed by atoms with E-state index in [0.29, 0.717) is 16.7 Å². The number of hydrogen-bond acceptors (Lipinski definition) is 7. The van der Waals surface area contributed by atoms with Gasteiger partial charge >= 0.3 is 24.3 Å². The highest BCUT2D eigenvalue weighted by molar-refractivity contribution is 5.83. The zero-order valence-corrected chi connectivity index (χ0v) is 21.3. The zero-order valence-electron chi connectivity index (χ0n) is 21.3. The molecule has 1 atom stereocenters. The summed E-state index contributed by atoms with van der Waals surface area (Å²) in [6.07, 6.45) is -5.89. The Hall–Kier alpha value is -4.93. The highest BCUT2D eigenvalue weighted by Gasteiger charge is 2.38. The van der Waals surface area contributed by atoms with Gasteiger partial charge in [-0.3, -0.25) is 9.89 Å². The summed E-state index contributed by atoms with van der Waals surface area (Å²) in [5, 5.41) is 25.0. The quantitative estimate of drug-likeness (QED) is 0.218. The van der Waals surface area contributed by atoms with E-state index in [1.165, 1.54) is 11.1 Å². The van der Waals surface area contributed by atoms with Crippen LogP contribution in [-0.4, -0.2) is 61.8 Å². The Morgan fingerprint density at radius 2 is 1.60 bits per heavy atom. The Morgan fingerprint density at radius 3 is 2.14 bits per heavy atom. The number of benzene rings is 2. The maximum atomic E-state index is 12.7. The first kappa shape index (κ1) is 31.6. The molecule has 0 spiro atoms. The van der Waals surface area contributed by atoms with Gasteiger partial charge in [0.1, 0.15) is 11.6 Å². The van der Waals surface area contributed by atoms with E-state index >= 15 is 0 Å². The molecule has 0 saturated carbocycles. The number of rotatable bonds is 3. The van der Waals surface area contributed by atoms with Crippen LogP contribution in [0.25, 0.3) is 22.0 Å². The van der Waals surface area contributed by atoms with E-state index in [9.17, 15) is 31.1 Å². The second kappa shape index (κ2) is 12.7. The molecule has 17 heteroatoms. The lowest BCUT2D eigenvalue weighted by Crippen LogP contribution is -2.31. The fourth-order valence-corrected chi connectivity index (χ4v) is 3.72. The van der Waals surface area contributed by atoms with E-state index in [4.69, 9.17) is 29.5 Å². The molecular weight excluding hydrogens is 580 g/mol. The van der Waals surface area contributed by atoms with Crippen molar-refractivity contribution >= 4 is 22.8 Å². The molecule has 0 radical (unpaired) electrons. The van der Waals surface area contributed by atoms with Crippen molar-refractivity contribution < 1.29 is 50.9 Å². The van der Waals surface area contributed by atoms with Crippen LogP contribution in [0.1, 0.15) is 23.0 Å². The Balaban J connectivity index is 0.000000289. The third-order valence-electron chi connectivity index (χ3n) is 5.75. The summed E-state index contributed by atoms with van der Waals surface area (Å²) in [5.41, 5.74) is 4.86. The number of aromatic amines is 2. The smallest absolute Gasteiger partial charge is 0.490 e. The average Bonchev–Trinajstić information content (AvgIpc) is 3.47. The van der Waals surface area contributed by atoms with Crippen molar-refractivity contribution in [3.05, 3.63) is 76.1 Å². The highest BCUT2D eigenvalue weighted by Crippen LogP contribution is 2.28. The van der Waals surface area contributed by atoms with Crippen LogP contribution in [0.3, 0.4) is 0 Å². The van der Waals surface area contributed by atoms with Gasteiger partial charge < -0.3 is 25.3 Å². The van der Waals surface area contributed by atoms with Crippen LogP contribution in [0.2, 0.25) is 0 Å². The van der Waals surface area contributed by atoms with Crippen molar-refractivity contribution in [3.63, 3.8) is 0 Å². The summed E-state index contributed by atoms with van der Waals surface area (Å²) in [5.74, 6) is -4.02. The lowest BCUT2D eigenvalue weighted by atomic mass is 9.95. The van der Waals surface area contributed by atoms with Crippen LogP contribution in [0.5, 0.6) is 5.75 Å². The van der Waals surface area contributed by atoms with E-state index in [1.807, 2.05) is 24.3 Å². The molecule has 2 aromatic carbocycles. The van der Waals surface area contributed by atoms with Gasteiger partial charge in [0.15, 0.2) is 0 Å². The maximum absolute atomic E-state index is 12.7. The van der Waals surface area contributed by atoms with E-state index in [0.717, 1.165) is 29.8 Å². The molecule has 0 aliphatic carbocycles. The predicted octanol–water partition coefficient (Wildman–Crippen LogP) is 3.98. The van der Waals surface area contributed by atoms with Gasteiger partial charge in [-0.1, -0.05) is 12.1 Å². The third-order valence-corrected chi connectivity index (χ3v) is 5.75. The highest BCUT2D eigenvalue weighted by atomic mass is 19.4. The Kier molecular flexibility index (Phi) is 9.56. The first-order chi connectivity index (χ1) is 19.6. The van der Waals surface area contributed by atoms with Crippen molar-refractivity contribution in [3.8, 4) is 16.9 Å². The number of alkyl halides is 6. The van der Waals surface area contributed by atoms with Crippen LogP contribution < -0.4 is 15.6 Å². The Bertz CT molecular complexity index is 1600. The average molecular weight is 601 g/mol. The van der Waals surface area contributed by atoms with E-state index < -0.39 is 24.3 Å². The number of halogens is 6. The number of nitrogens with zero attached hydrogens (tertiary/aromatic N) is 2. The van der Waals surface area contributed by atoms with Crippen LogP contribution in [0.15, 0.2) is 53.6 Å². The predicted molar refractivity (Wildman–Crippen MR) is 134 cm³/mol. The normalized spacial score (nSPS) is 14.5. The molecule has 0 bridgehead atoms. The number of ether oxygens (including phenoxy) is 1. The minimum Gasteiger partial charge on any atom is -0.497 e. The van der Waals surface area contributed by atoms with Gasteiger partial charge in [-0.2, -0.15) is 31.4 Å². The van der Waals surface area contributed by atoms with Crippen LogP contribution in [-0.2, 0) is 22.6 Å². The van der Waals surface area contributed by atoms with Crippen LogP contribution in [0, 0.1) is 0 Å². The molecule has 0 amide bonds. The summed E-state index contributed by atoms with van der Waals surface area (Å²) in [6, 6.07) is 11.7. The van der Waals surface area contributed by atoms with Crippen LogP contribution >= 0.6 is 0 Å².